The minimum atomic E-state index is -0.414. The lowest BCUT2D eigenvalue weighted by Crippen LogP contribution is -2.38. The maximum atomic E-state index is 12.0. The number of hydrogen-bond donors (Lipinski definition) is 1. The first-order chi connectivity index (χ1) is 10.4. The Morgan fingerprint density at radius 2 is 1.82 bits per heavy atom. The maximum absolute atomic E-state index is 12.0. The molecule has 0 spiro atoms. The molecule has 4 heteroatoms. The van der Waals surface area contributed by atoms with Crippen molar-refractivity contribution >= 4 is 6.09 Å². The number of carbonyl (C=O) groups excluding carboxylic acids is 1. The molecule has 0 aliphatic heterocycles. The van der Waals surface area contributed by atoms with E-state index in [9.17, 15) is 4.79 Å². The van der Waals surface area contributed by atoms with Crippen LogP contribution in [0.3, 0.4) is 0 Å². The Labute approximate surface area is 137 Å². The lowest BCUT2D eigenvalue weighted by Gasteiger charge is -2.26. The Balaban J connectivity index is 2.14. The zero-order valence-electron chi connectivity index (χ0n) is 15.1. The van der Waals surface area contributed by atoms with Crippen LogP contribution in [-0.2, 0) is 4.74 Å². The van der Waals surface area contributed by atoms with E-state index in [1.165, 1.54) is 38.5 Å². The summed E-state index contributed by atoms with van der Waals surface area (Å²) in [6.45, 7) is 11.3. The third kappa shape index (κ3) is 8.62. The van der Waals surface area contributed by atoms with Crippen molar-refractivity contribution in [3.63, 3.8) is 0 Å². The van der Waals surface area contributed by atoms with Crippen molar-refractivity contribution in [3.8, 4) is 0 Å². The molecule has 130 valence electrons. The second-order valence-electron chi connectivity index (χ2n) is 7.48. The molecule has 0 bridgehead atoms. The van der Waals surface area contributed by atoms with Crippen LogP contribution in [0.2, 0.25) is 0 Å². The molecule has 0 aromatic rings. The van der Waals surface area contributed by atoms with Gasteiger partial charge in [-0.05, 0) is 66.0 Å². The number of nitrogens with zero attached hydrogens (tertiary/aromatic N) is 1. The van der Waals surface area contributed by atoms with E-state index in [4.69, 9.17) is 4.74 Å². The molecule has 0 atom stereocenters. The van der Waals surface area contributed by atoms with E-state index in [2.05, 4.69) is 5.32 Å². The summed E-state index contributed by atoms with van der Waals surface area (Å²) in [5, 5.41) is 3.57. The number of carbonyl (C=O) groups is 1. The molecule has 22 heavy (non-hydrogen) atoms. The molecule has 0 aromatic carbocycles. The summed E-state index contributed by atoms with van der Waals surface area (Å²) in [4.78, 5) is 13.8. The van der Waals surface area contributed by atoms with Crippen molar-refractivity contribution in [1.29, 1.82) is 0 Å². The summed E-state index contributed by atoms with van der Waals surface area (Å²) in [6.07, 6.45) is 9.18. The fraction of sp³-hybridized carbons (Fsp3) is 0.944. The van der Waals surface area contributed by atoms with Gasteiger partial charge in [0.1, 0.15) is 5.60 Å². The third-order valence-electron chi connectivity index (χ3n) is 4.22. The predicted molar refractivity (Wildman–Crippen MR) is 92.2 cm³/mol. The van der Waals surface area contributed by atoms with Crippen LogP contribution in [0.5, 0.6) is 0 Å². The molecule has 1 aliphatic rings. The molecule has 0 radical (unpaired) electrons. The van der Waals surface area contributed by atoms with Gasteiger partial charge in [-0.15, -0.1) is 0 Å². The molecule has 1 saturated carbocycles. The average molecular weight is 312 g/mol. The van der Waals surface area contributed by atoms with Crippen molar-refractivity contribution in [2.24, 2.45) is 5.92 Å². The first kappa shape index (κ1) is 19.3. The highest BCUT2D eigenvalue weighted by molar-refractivity contribution is 5.68. The van der Waals surface area contributed by atoms with E-state index in [0.717, 1.165) is 32.0 Å². The average Bonchev–Trinajstić information content (AvgIpc) is 2.69. The molecule has 1 N–H and O–H groups in total. The summed E-state index contributed by atoms with van der Waals surface area (Å²) in [5.41, 5.74) is -0.414. The number of nitrogens with one attached hydrogen (secondary N) is 1. The van der Waals surface area contributed by atoms with Gasteiger partial charge >= 0.3 is 6.09 Å². The van der Waals surface area contributed by atoms with Crippen LogP contribution in [-0.4, -0.2) is 42.8 Å². The van der Waals surface area contributed by atoms with Crippen LogP contribution in [0.1, 0.15) is 72.6 Å². The topological polar surface area (TPSA) is 41.6 Å². The first-order valence-electron chi connectivity index (χ1n) is 9.11. The summed E-state index contributed by atoms with van der Waals surface area (Å²) in [5.74, 6) is 0.857. The van der Waals surface area contributed by atoms with E-state index in [1.54, 1.807) is 4.90 Å². The van der Waals surface area contributed by atoms with E-state index in [1.807, 2.05) is 27.7 Å². The lowest BCUT2D eigenvalue weighted by atomic mass is 10.0. The Kier molecular flexibility index (Phi) is 8.84. The molecule has 1 rings (SSSR count). The van der Waals surface area contributed by atoms with Crippen LogP contribution in [0.4, 0.5) is 4.79 Å². The number of hydrogen-bond acceptors (Lipinski definition) is 3. The van der Waals surface area contributed by atoms with Gasteiger partial charge in [0.25, 0.3) is 0 Å². The van der Waals surface area contributed by atoms with Gasteiger partial charge in [0.2, 0.25) is 0 Å². The molecular weight excluding hydrogens is 276 g/mol. The third-order valence-corrected chi connectivity index (χ3v) is 4.22. The van der Waals surface area contributed by atoms with Crippen LogP contribution in [0, 0.1) is 5.92 Å². The Hall–Kier alpha value is -0.770. The van der Waals surface area contributed by atoms with Crippen LogP contribution in [0.15, 0.2) is 0 Å². The molecule has 0 aromatic heterocycles. The first-order valence-corrected chi connectivity index (χ1v) is 9.11. The Bertz CT molecular complexity index is 305. The van der Waals surface area contributed by atoms with Gasteiger partial charge in [0.15, 0.2) is 0 Å². The second-order valence-corrected chi connectivity index (χ2v) is 7.48. The van der Waals surface area contributed by atoms with Gasteiger partial charge < -0.3 is 15.0 Å². The fourth-order valence-electron chi connectivity index (χ4n) is 2.97. The highest BCUT2D eigenvalue weighted by Gasteiger charge is 2.20. The molecule has 1 amide bonds. The number of ether oxygens (including phenoxy) is 1. The Morgan fingerprint density at radius 3 is 2.36 bits per heavy atom. The zero-order chi connectivity index (χ0) is 16.4. The predicted octanol–water partition coefficient (Wildman–Crippen LogP) is 4.19. The van der Waals surface area contributed by atoms with Crippen molar-refractivity contribution in [1.82, 2.24) is 10.2 Å². The van der Waals surface area contributed by atoms with Gasteiger partial charge in [-0.25, -0.2) is 4.79 Å². The SMILES string of the molecule is CCN(CCCNCC1CCCCCC1)C(=O)OC(C)(C)C. The number of rotatable bonds is 7. The van der Waals surface area contributed by atoms with Crippen molar-refractivity contribution in [2.75, 3.05) is 26.2 Å². The van der Waals surface area contributed by atoms with Crippen LogP contribution < -0.4 is 5.32 Å². The van der Waals surface area contributed by atoms with E-state index >= 15 is 0 Å². The van der Waals surface area contributed by atoms with Gasteiger partial charge in [-0.2, -0.15) is 0 Å². The standard InChI is InChI=1S/C18H36N2O2/c1-5-20(17(21)22-18(2,3)4)14-10-13-19-15-16-11-8-6-7-9-12-16/h16,19H,5-15H2,1-4H3. The second kappa shape index (κ2) is 10.1. The van der Waals surface area contributed by atoms with Gasteiger partial charge in [0, 0.05) is 13.1 Å². The summed E-state index contributed by atoms with van der Waals surface area (Å²) >= 11 is 0. The normalized spacial score (nSPS) is 17.1. The van der Waals surface area contributed by atoms with Crippen LogP contribution in [0.25, 0.3) is 0 Å². The Morgan fingerprint density at radius 1 is 1.18 bits per heavy atom. The van der Waals surface area contributed by atoms with Crippen molar-refractivity contribution in [2.45, 2.75) is 78.2 Å². The molecule has 4 nitrogen and oxygen atoms in total. The van der Waals surface area contributed by atoms with Gasteiger partial charge in [-0.1, -0.05) is 25.7 Å². The summed E-state index contributed by atoms with van der Waals surface area (Å²) in [6, 6.07) is 0. The molecule has 1 aliphatic carbocycles. The molecular formula is C18H36N2O2. The van der Waals surface area contributed by atoms with Crippen molar-refractivity contribution < 1.29 is 9.53 Å². The van der Waals surface area contributed by atoms with Crippen LogP contribution >= 0.6 is 0 Å². The summed E-state index contributed by atoms with van der Waals surface area (Å²) in [7, 11) is 0. The minimum Gasteiger partial charge on any atom is -0.444 e. The zero-order valence-corrected chi connectivity index (χ0v) is 15.1. The molecule has 0 unspecified atom stereocenters. The smallest absolute Gasteiger partial charge is 0.410 e. The largest absolute Gasteiger partial charge is 0.444 e. The molecule has 0 saturated heterocycles. The number of amides is 1. The maximum Gasteiger partial charge on any atom is 0.410 e. The monoisotopic (exact) mass is 312 g/mol. The van der Waals surface area contributed by atoms with E-state index in [0.29, 0.717) is 6.54 Å². The fourth-order valence-corrected chi connectivity index (χ4v) is 2.97. The van der Waals surface area contributed by atoms with Gasteiger partial charge in [0.05, 0.1) is 0 Å². The highest BCUT2D eigenvalue weighted by Crippen LogP contribution is 2.21. The van der Waals surface area contributed by atoms with Crippen molar-refractivity contribution in [3.05, 3.63) is 0 Å². The highest BCUT2D eigenvalue weighted by atomic mass is 16.6. The van der Waals surface area contributed by atoms with E-state index < -0.39 is 5.60 Å². The molecule has 1 fully saturated rings. The van der Waals surface area contributed by atoms with Gasteiger partial charge in [-0.3, -0.25) is 0 Å². The minimum absolute atomic E-state index is 0.196. The lowest BCUT2D eigenvalue weighted by molar-refractivity contribution is 0.0258. The molecule has 0 heterocycles. The van der Waals surface area contributed by atoms with E-state index in [-0.39, 0.29) is 6.09 Å². The quantitative estimate of drug-likeness (QED) is 0.566. The summed E-state index contributed by atoms with van der Waals surface area (Å²) < 4.78 is 5.42.